The van der Waals surface area contributed by atoms with Crippen LogP contribution in [0.5, 0.6) is 17.2 Å². The number of ether oxygens (including phenoxy) is 3. The summed E-state index contributed by atoms with van der Waals surface area (Å²) >= 11 is 0. The van der Waals surface area contributed by atoms with Crippen LogP contribution in [-0.4, -0.2) is 39.1 Å². The molecule has 0 bridgehead atoms. The van der Waals surface area contributed by atoms with Crippen molar-refractivity contribution >= 4 is 29.1 Å². The zero-order valence-electron chi connectivity index (χ0n) is 18.7. The summed E-state index contributed by atoms with van der Waals surface area (Å²) in [5, 5.41) is 4.93. The highest BCUT2D eigenvalue weighted by Crippen LogP contribution is 2.38. The lowest BCUT2D eigenvalue weighted by molar-refractivity contribution is 0.0974. The van der Waals surface area contributed by atoms with Gasteiger partial charge in [0.25, 0.3) is 11.8 Å². The van der Waals surface area contributed by atoms with Crippen LogP contribution in [0.2, 0.25) is 0 Å². The highest BCUT2D eigenvalue weighted by atomic mass is 19.1. The lowest BCUT2D eigenvalue weighted by atomic mass is 10.1. The lowest BCUT2D eigenvalue weighted by Gasteiger charge is -2.14. The molecule has 3 aromatic carbocycles. The number of nitrogens with two attached hydrogens (primary N) is 1. The number of carbonyl (C=O) groups is 2. The number of rotatable bonds is 7. The molecule has 3 aromatic rings. The molecule has 0 heterocycles. The Balaban J connectivity index is 1.78. The van der Waals surface area contributed by atoms with Crippen molar-refractivity contribution in [3.63, 3.8) is 0 Å². The second-order valence-corrected chi connectivity index (χ2v) is 6.85. The zero-order chi connectivity index (χ0) is 24.7. The Hall–Kier alpha value is -4.60. The molecule has 0 spiro atoms. The van der Waals surface area contributed by atoms with Gasteiger partial charge >= 0.3 is 0 Å². The number of hydrogen-bond donors (Lipinski definition) is 3. The van der Waals surface area contributed by atoms with Crippen LogP contribution in [0.25, 0.3) is 0 Å². The molecule has 0 aromatic heterocycles. The fraction of sp³-hybridized carbons (Fsp3) is 0.125. The summed E-state index contributed by atoms with van der Waals surface area (Å²) in [7, 11) is 4.30. The fourth-order valence-corrected chi connectivity index (χ4v) is 3.03. The normalized spacial score (nSPS) is 10.9. The fourth-order valence-electron chi connectivity index (χ4n) is 3.03. The molecule has 10 heteroatoms. The van der Waals surface area contributed by atoms with E-state index in [-0.39, 0.29) is 22.9 Å². The number of aliphatic imine (C=N–C) groups is 1. The number of nitrogens with zero attached hydrogens (tertiary/aromatic N) is 1. The summed E-state index contributed by atoms with van der Waals surface area (Å²) in [6, 6.07) is 15.1. The van der Waals surface area contributed by atoms with E-state index in [0.29, 0.717) is 22.8 Å². The maximum atomic E-state index is 14.2. The average molecular weight is 466 g/mol. The Labute approximate surface area is 195 Å². The minimum atomic E-state index is -0.650. The first-order chi connectivity index (χ1) is 16.4. The smallest absolute Gasteiger partial charge is 0.258 e. The molecule has 0 aliphatic carbocycles. The maximum absolute atomic E-state index is 14.2. The van der Waals surface area contributed by atoms with E-state index in [1.165, 1.54) is 45.6 Å². The predicted molar refractivity (Wildman–Crippen MR) is 126 cm³/mol. The van der Waals surface area contributed by atoms with Crippen molar-refractivity contribution in [2.24, 2.45) is 10.7 Å². The number of anilines is 1. The molecule has 0 saturated heterocycles. The molecule has 4 N–H and O–H groups in total. The SMILES string of the molecule is COc1cc(C(=O)NC(N)=Nc2ccc(F)c(NC(=O)c3ccccc3)c2)cc(OC)c1OC. The van der Waals surface area contributed by atoms with E-state index >= 15 is 0 Å². The third-order valence-corrected chi connectivity index (χ3v) is 4.65. The first-order valence-corrected chi connectivity index (χ1v) is 9.97. The van der Waals surface area contributed by atoms with Gasteiger partial charge in [-0.1, -0.05) is 18.2 Å². The van der Waals surface area contributed by atoms with Crippen LogP contribution >= 0.6 is 0 Å². The van der Waals surface area contributed by atoms with Gasteiger partial charge in [0.15, 0.2) is 11.5 Å². The summed E-state index contributed by atoms with van der Waals surface area (Å²) < 4.78 is 29.9. The maximum Gasteiger partial charge on any atom is 0.258 e. The molecule has 0 radical (unpaired) electrons. The van der Waals surface area contributed by atoms with Crippen LogP contribution in [0.4, 0.5) is 15.8 Å². The summed E-state index contributed by atoms with van der Waals surface area (Å²) in [5.41, 5.74) is 6.55. The minimum Gasteiger partial charge on any atom is -0.493 e. The Bertz CT molecular complexity index is 1210. The van der Waals surface area contributed by atoms with Gasteiger partial charge in [0.1, 0.15) is 5.82 Å². The number of guanidine groups is 1. The lowest BCUT2D eigenvalue weighted by Crippen LogP contribution is -2.36. The van der Waals surface area contributed by atoms with E-state index < -0.39 is 17.6 Å². The Morgan fingerprint density at radius 3 is 2.09 bits per heavy atom. The molecule has 3 rings (SSSR count). The molecule has 0 aliphatic rings. The van der Waals surface area contributed by atoms with Crippen LogP contribution < -0.4 is 30.6 Å². The second-order valence-electron chi connectivity index (χ2n) is 6.85. The standard InChI is InChI=1S/C24H23FN4O5/c1-32-19-11-15(12-20(33-2)21(19)34-3)23(31)29-24(26)27-16-9-10-17(25)18(13-16)28-22(30)14-7-5-4-6-8-14/h4-13H,1-3H3,(H,28,30)(H3,26,27,29,31). The van der Waals surface area contributed by atoms with Crippen molar-refractivity contribution in [3.8, 4) is 17.2 Å². The van der Waals surface area contributed by atoms with E-state index in [2.05, 4.69) is 15.6 Å². The van der Waals surface area contributed by atoms with E-state index in [1.54, 1.807) is 30.3 Å². The Morgan fingerprint density at radius 1 is 0.853 bits per heavy atom. The summed E-state index contributed by atoms with van der Waals surface area (Å²) in [6.07, 6.45) is 0. The highest BCUT2D eigenvalue weighted by molar-refractivity contribution is 6.07. The molecule has 0 aliphatic heterocycles. The Kier molecular flexibility index (Phi) is 7.65. The molecule has 0 saturated carbocycles. The molecule has 0 unspecified atom stereocenters. The van der Waals surface area contributed by atoms with E-state index in [4.69, 9.17) is 19.9 Å². The molecular formula is C24H23FN4O5. The van der Waals surface area contributed by atoms with E-state index in [1.807, 2.05) is 0 Å². The Morgan fingerprint density at radius 2 is 1.50 bits per heavy atom. The van der Waals surface area contributed by atoms with E-state index in [0.717, 1.165) is 6.07 Å². The van der Waals surface area contributed by atoms with Gasteiger partial charge in [-0.25, -0.2) is 9.38 Å². The number of carbonyl (C=O) groups excluding carboxylic acids is 2. The third-order valence-electron chi connectivity index (χ3n) is 4.65. The number of hydrogen-bond acceptors (Lipinski definition) is 6. The second kappa shape index (κ2) is 10.8. The molecule has 0 fully saturated rings. The van der Waals surface area contributed by atoms with E-state index in [9.17, 15) is 14.0 Å². The number of benzene rings is 3. The highest BCUT2D eigenvalue weighted by Gasteiger charge is 2.17. The molecule has 34 heavy (non-hydrogen) atoms. The van der Waals surface area contributed by atoms with Gasteiger partial charge in [-0.3, -0.25) is 14.9 Å². The van der Waals surface area contributed by atoms with Crippen molar-refractivity contribution in [1.29, 1.82) is 0 Å². The van der Waals surface area contributed by atoms with Gasteiger partial charge in [0.05, 0.1) is 32.7 Å². The summed E-state index contributed by atoms with van der Waals surface area (Å²) in [6.45, 7) is 0. The minimum absolute atomic E-state index is 0.0844. The number of halogens is 1. The topological polar surface area (TPSA) is 124 Å². The van der Waals surface area contributed by atoms with Crippen LogP contribution in [-0.2, 0) is 0 Å². The van der Waals surface area contributed by atoms with Crippen molar-refractivity contribution in [2.45, 2.75) is 0 Å². The van der Waals surface area contributed by atoms with Gasteiger partial charge in [-0.2, -0.15) is 0 Å². The molecule has 9 nitrogen and oxygen atoms in total. The monoisotopic (exact) mass is 466 g/mol. The first kappa shape index (κ1) is 24.1. The van der Waals surface area contributed by atoms with Gasteiger partial charge in [-0.15, -0.1) is 0 Å². The quantitative estimate of drug-likeness (QED) is 0.362. The van der Waals surface area contributed by atoms with Crippen LogP contribution in [0.15, 0.2) is 65.7 Å². The van der Waals surface area contributed by atoms with Gasteiger partial charge in [0.2, 0.25) is 11.7 Å². The number of nitrogens with one attached hydrogen (secondary N) is 2. The van der Waals surface area contributed by atoms with Crippen molar-refractivity contribution < 1.29 is 28.2 Å². The summed E-state index contributed by atoms with van der Waals surface area (Å²) in [5.74, 6) is -1.04. The van der Waals surface area contributed by atoms with Crippen molar-refractivity contribution in [1.82, 2.24) is 5.32 Å². The van der Waals surface area contributed by atoms with Crippen molar-refractivity contribution in [2.75, 3.05) is 26.6 Å². The first-order valence-electron chi connectivity index (χ1n) is 9.97. The zero-order valence-corrected chi connectivity index (χ0v) is 18.7. The third kappa shape index (κ3) is 5.60. The van der Waals surface area contributed by atoms with Gasteiger partial charge in [0, 0.05) is 11.1 Å². The molecule has 176 valence electrons. The van der Waals surface area contributed by atoms with Gasteiger partial charge in [-0.05, 0) is 42.5 Å². The molecule has 0 atom stereocenters. The summed E-state index contributed by atoms with van der Waals surface area (Å²) in [4.78, 5) is 29.1. The molecular weight excluding hydrogens is 443 g/mol. The van der Waals surface area contributed by atoms with Crippen LogP contribution in [0, 0.1) is 5.82 Å². The number of amides is 2. The largest absolute Gasteiger partial charge is 0.493 e. The molecule has 2 amide bonds. The number of methoxy groups -OCH3 is 3. The van der Waals surface area contributed by atoms with Crippen LogP contribution in [0.3, 0.4) is 0 Å². The average Bonchev–Trinajstić information content (AvgIpc) is 2.85. The van der Waals surface area contributed by atoms with Gasteiger partial charge < -0.3 is 25.3 Å². The van der Waals surface area contributed by atoms with Crippen LogP contribution in [0.1, 0.15) is 20.7 Å². The predicted octanol–water partition coefficient (Wildman–Crippen LogP) is 3.48. The van der Waals surface area contributed by atoms with Crippen molar-refractivity contribution in [3.05, 3.63) is 77.6 Å².